The highest BCUT2D eigenvalue weighted by Crippen LogP contribution is 2.36. The van der Waals surface area contributed by atoms with Gasteiger partial charge in [-0.3, -0.25) is 9.69 Å². The van der Waals surface area contributed by atoms with Gasteiger partial charge in [0.05, 0.1) is 6.10 Å². The first-order chi connectivity index (χ1) is 17.1. The fraction of sp³-hybridized carbons (Fsp3) is 0.556. The summed E-state index contributed by atoms with van der Waals surface area (Å²) in [6.45, 7) is 1.70. The van der Waals surface area contributed by atoms with E-state index in [0.717, 1.165) is 63.0 Å². The van der Waals surface area contributed by atoms with Crippen LogP contribution in [0.2, 0.25) is 0 Å². The van der Waals surface area contributed by atoms with E-state index in [1.807, 2.05) is 6.07 Å². The van der Waals surface area contributed by atoms with Crippen molar-refractivity contribution in [3.05, 3.63) is 53.2 Å². The molecule has 0 spiro atoms. The standard InChI is InChI=1S/C27H34FN3O4/c28-22-16-31(25(27(32)33)21-8-1-2-9-23(21)35-20-12-13-20)17-24(22)34-15-4-3-7-19-11-10-18-6-5-14-29-26(18)30-19/h1-2,8-11,20,22,24-25H,3-7,12-17H2,(H,29,30)(H,32,33). The number of rotatable bonds is 11. The molecular weight excluding hydrogens is 449 g/mol. The van der Waals surface area contributed by atoms with Crippen LogP contribution in [0.15, 0.2) is 36.4 Å². The second kappa shape index (κ2) is 10.9. The number of nitrogens with zero attached hydrogens (tertiary/aromatic N) is 2. The van der Waals surface area contributed by atoms with E-state index in [0.29, 0.717) is 17.9 Å². The van der Waals surface area contributed by atoms with Gasteiger partial charge < -0.3 is 19.9 Å². The number of aliphatic carboxylic acids is 1. The van der Waals surface area contributed by atoms with E-state index < -0.39 is 24.3 Å². The highest BCUT2D eigenvalue weighted by atomic mass is 19.1. The van der Waals surface area contributed by atoms with E-state index in [1.165, 1.54) is 5.56 Å². The van der Waals surface area contributed by atoms with E-state index in [4.69, 9.17) is 14.5 Å². The molecule has 2 aromatic rings. The van der Waals surface area contributed by atoms with Gasteiger partial charge in [-0.05, 0) is 62.6 Å². The van der Waals surface area contributed by atoms with Crippen LogP contribution in [0.4, 0.5) is 10.2 Å². The topological polar surface area (TPSA) is 83.9 Å². The van der Waals surface area contributed by atoms with Crippen molar-refractivity contribution in [1.29, 1.82) is 0 Å². The number of aryl methyl sites for hydroxylation is 2. The quantitative estimate of drug-likeness (QED) is 0.464. The Morgan fingerprint density at radius 1 is 1.20 bits per heavy atom. The molecule has 2 aliphatic heterocycles. The number of ether oxygens (including phenoxy) is 2. The van der Waals surface area contributed by atoms with E-state index >= 15 is 0 Å². The molecule has 3 unspecified atom stereocenters. The highest BCUT2D eigenvalue weighted by Gasteiger charge is 2.41. The Hall–Kier alpha value is -2.71. The number of anilines is 1. The molecule has 35 heavy (non-hydrogen) atoms. The molecular formula is C27H34FN3O4. The van der Waals surface area contributed by atoms with Crippen LogP contribution in [-0.2, 0) is 22.4 Å². The third-order valence-corrected chi connectivity index (χ3v) is 6.97. The average Bonchev–Trinajstić information content (AvgIpc) is 3.60. The van der Waals surface area contributed by atoms with Crippen LogP contribution in [0, 0.1) is 0 Å². The number of hydrogen-bond donors (Lipinski definition) is 2. The molecule has 1 aromatic carbocycles. The van der Waals surface area contributed by atoms with Gasteiger partial charge in [0, 0.05) is 37.5 Å². The average molecular weight is 484 g/mol. The van der Waals surface area contributed by atoms with Gasteiger partial charge in [0.1, 0.15) is 29.9 Å². The molecule has 0 bridgehead atoms. The molecule has 0 amide bonds. The Morgan fingerprint density at radius 3 is 2.89 bits per heavy atom. The van der Waals surface area contributed by atoms with Crippen molar-refractivity contribution < 1.29 is 23.8 Å². The molecule has 3 heterocycles. The number of benzene rings is 1. The van der Waals surface area contributed by atoms with Crippen LogP contribution >= 0.6 is 0 Å². The second-order valence-electron chi connectivity index (χ2n) is 9.77. The van der Waals surface area contributed by atoms with E-state index in [2.05, 4.69) is 17.4 Å². The highest BCUT2D eigenvalue weighted by molar-refractivity contribution is 5.77. The van der Waals surface area contributed by atoms with Crippen LogP contribution in [0.1, 0.15) is 55.0 Å². The second-order valence-corrected chi connectivity index (χ2v) is 9.77. The van der Waals surface area contributed by atoms with Gasteiger partial charge in [0.2, 0.25) is 0 Å². The summed E-state index contributed by atoms with van der Waals surface area (Å²) in [5.74, 6) is 0.582. The summed E-state index contributed by atoms with van der Waals surface area (Å²) in [5.41, 5.74) is 2.92. The fourth-order valence-electron chi connectivity index (χ4n) is 4.95. The Morgan fingerprint density at radius 2 is 2.06 bits per heavy atom. The van der Waals surface area contributed by atoms with Gasteiger partial charge in [0.25, 0.3) is 0 Å². The zero-order chi connectivity index (χ0) is 24.2. The van der Waals surface area contributed by atoms with Crippen molar-refractivity contribution in [1.82, 2.24) is 9.88 Å². The molecule has 3 atom stereocenters. The number of unbranched alkanes of at least 4 members (excludes halogenated alkanes) is 1. The number of halogens is 1. The van der Waals surface area contributed by atoms with Crippen LogP contribution < -0.4 is 10.1 Å². The van der Waals surface area contributed by atoms with E-state index in [-0.39, 0.29) is 19.2 Å². The first kappa shape index (κ1) is 24.0. The van der Waals surface area contributed by atoms with Crippen LogP contribution in [0.3, 0.4) is 0 Å². The smallest absolute Gasteiger partial charge is 0.325 e. The molecule has 0 radical (unpaired) electrons. The van der Waals surface area contributed by atoms with Gasteiger partial charge in [-0.25, -0.2) is 9.37 Å². The van der Waals surface area contributed by atoms with Gasteiger partial charge in [-0.15, -0.1) is 0 Å². The molecule has 1 saturated carbocycles. The summed E-state index contributed by atoms with van der Waals surface area (Å²) in [4.78, 5) is 18.6. The molecule has 2 fully saturated rings. The molecule has 1 aromatic heterocycles. The van der Waals surface area contributed by atoms with Crippen molar-refractivity contribution in [3.63, 3.8) is 0 Å². The van der Waals surface area contributed by atoms with Gasteiger partial charge in [-0.2, -0.15) is 0 Å². The normalized spacial score (nSPS) is 22.9. The first-order valence-corrected chi connectivity index (χ1v) is 12.8. The Labute approximate surface area is 205 Å². The molecule has 8 heteroatoms. The summed E-state index contributed by atoms with van der Waals surface area (Å²) in [5, 5.41) is 13.4. The summed E-state index contributed by atoms with van der Waals surface area (Å²) in [6.07, 6.45) is 5.06. The monoisotopic (exact) mass is 483 g/mol. The number of likely N-dealkylation sites (tertiary alicyclic amines) is 1. The van der Waals surface area contributed by atoms with Crippen molar-refractivity contribution in [2.75, 3.05) is 31.6 Å². The summed E-state index contributed by atoms with van der Waals surface area (Å²) >= 11 is 0. The minimum Gasteiger partial charge on any atom is -0.490 e. The number of carboxylic acids is 1. The Kier molecular flexibility index (Phi) is 7.48. The van der Waals surface area contributed by atoms with Crippen molar-refractivity contribution in [3.8, 4) is 5.75 Å². The van der Waals surface area contributed by atoms with E-state index in [1.54, 1.807) is 23.1 Å². The van der Waals surface area contributed by atoms with Gasteiger partial charge in [-0.1, -0.05) is 24.3 Å². The van der Waals surface area contributed by atoms with Gasteiger partial charge in [0.15, 0.2) is 0 Å². The lowest BCUT2D eigenvalue weighted by atomic mass is 10.0. The molecule has 1 saturated heterocycles. The third-order valence-electron chi connectivity index (χ3n) is 6.97. The Balaban J connectivity index is 1.12. The molecule has 5 rings (SSSR count). The molecule has 2 N–H and O–H groups in total. The number of hydrogen-bond acceptors (Lipinski definition) is 6. The predicted molar refractivity (Wildman–Crippen MR) is 131 cm³/mol. The third kappa shape index (κ3) is 5.93. The predicted octanol–water partition coefficient (Wildman–Crippen LogP) is 4.17. The summed E-state index contributed by atoms with van der Waals surface area (Å²) < 4.78 is 26.6. The number of carboxylic acid groups (broad SMARTS) is 1. The molecule has 1 aliphatic carbocycles. The number of pyridine rings is 1. The zero-order valence-corrected chi connectivity index (χ0v) is 20.0. The maximum absolute atomic E-state index is 14.8. The zero-order valence-electron chi connectivity index (χ0n) is 20.0. The lowest BCUT2D eigenvalue weighted by molar-refractivity contribution is -0.143. The summed E-state index contributed by atoms with van der Waals surface area (Å²) in [6, 6.07) is 10.5. The first-order valence-electron chi connectivity index (χ1n) is 12.8. The van der Waals surface area contributed by atoms with E-state index in [9.17, 15) is 14.3 Å². The number of aromatic nitrogens is 1. The number of carbonyl (C=O) groups is 1. The van der Waals surface area contributed by atoms with Crippen LogP contribution in [0.25, 0.3) is 0 Å². The van der Waals surface area contributed by atoms with Crippen molar-refractivity contribution >= 4 is 11.8 Å². The number of para-hydroxylation sites is 1. The molecule has 3 aliphatic rings. The lowest BCUT2D eigenvalue weighted by Gasteiger charge is -2.26. The maximum atomic E-state index is 14.8. The number of fused-ring (bicyclic) bond motifs is 1. The molecule has 188 valence electrons. The van der Waals surface area contributed by atoms with Crippen LogP contribution in [0.5, 0.6) is 5.75 Å². The maximum Gasteiger partial charge on any atom is 0.325 e. The minimum atomic E-state index is -1.22. The van der Waals surface area contributed by atoms with Crippen molar-refractivity contribution in [2.24, 2.45) is 0 Å². The number of alkyl halides is 1. The molecule has 7 nitrogen and oxygen atoms in total. The minimum absolute atomic E-state index is 0.0332. The van der Waals surface area contributed by atoms with Crippen LogP contribution in [-0.4, -0.2) is 65.6 Å². The fourth-order valence-corrected chi connectivity index (χ4v) is 4.95. The SMILES string of the molecule is O=C(O)C(c1ccccc1OC1CC1)N1CC(F)C(OCCCCc2ccc3c(n2)NCCC3)C1. The lowest BCUT2D eigenvalue weighted by Crippen LogP contribution is -2.34. The largest absolute Gasteiger partial charge is 0.490 e. The number of nitrogens with one attached hydrogen (secondary N) is 1. The van der Waals surface area contributed by atoms with Gasteiger partial charge >= 0.3 is 5.97 Å². The Bertz CT molecular complexity index is 1030. The van der Waals surface area contributed by atoms with Crippen molar-refractivity contribution in [2.45, 2.75) is 69.4 Å². The summed E-state index contributed by atoms with van der Waals surface area (Å²) in [7, 11) is 0.